The van der Waals surface area contributed by atoms with Crippen molar-refractivity contribution >= 4 is 5.97 Å². The van der Waals surface area contributed by atoms with Crippen molar-refractivity contribution in [2.24, 2.45) is 0 Å². The second kappa shape index (κ2) is 6.00. The lowest BCUT2D eigenvalue weighted by atomic mass is 10.1. The molecular weight excluding hydrogens is 249 g/mol. The number of hydrogen-bond acceptors (Lipinski definition) is 4. The summed E-state index contributed by atoms with van der Waals surface area (Å²) in [4.78, 5) is 14.7. The van der Waals surface area contributed by atoms with Crippen LogP contribution in [-0.4, -0.2) is 17.6 Å². The molecule has 0 saturated heterocycles. The van der Waals surface area contributed by atoms with Crippen LogP contribution in [0.5, 0.6) is 0 Å². The van der Waals surface area contributed by atoms with E-state index in [2.05, 4.69) is 9.72 Å². The lowest BCUT2D eigenvalue weighted by Crippen LogP contribution is -2.13. The molecule has 0 aliphatic rings. The highest BCUT2D eigenvalue weighted by Crippen LogP contribution is 2.26. The first kappa shape index (κ1) is 14.0. The van der Waals surface area contributed by atoms with Crippen LogP contribution in [0.25, 0.3) is 0 Å². The maximum absolute atomic E-state index is 13.4. The summed E-state index contributed by atoms with van der Waals surface area (Å²) in [5.41, 5.74) is -1.81. The Hall–Kier alpha value is -2.10. The Bertz CT molecular complexity index is 498. The summed E-state index contributed by atoms with van der Waals surface area (Å²) in [5.74, 6) is -2.06. The summed E-state index contributed by atoms with van der Waals surface area (Å²) in [6, 6.07) is 2.14. The molecule has 0 aromatic carbocycles. The third-order valence-corrected chi connectivity index (χ3v) is 2.04. The highest BCUT2D eigenvalue weighted by atomic mass is 19.3. The molecule has 0 radical (unpaired) electrons. The summed E-state index contributed by atoms with van der Waals surface area (Å²) >= 11 is 0. The van der Waals surface area contributed by atoms with E-state index in [9.17, 15) is 18.0 Å². The highest BCUT2D eigenvalue weighted by molar-refractivity contribution is 5.72. The summed E-state index contributed by atoms with van der Waals surface area (Å²) in [5, 5.41) is 8.57. The fourth-order valence-electron chi connectivity index (χ4n) is 1.34. The van der Waals surface area contributed by atoms with Crippen LogP contribution in [0.4, 0.5) is 13.2 Å². The van der Waals surface area contributed by atoms with Gasteiger partial charge < -0.3 is 4.74 Å². The molecule has 1 aromatic rings. The quantitative estimate of drug-likeness (QED) is 0.776. The molecule has 18 heavy (non-hydrogen) atoms. The molecule has 0 atom stereocenters. The fraction of sp³-hybridized carbons (Fsp3) is 0.364. The molecule has 0 N–H and O–H groups in total. The molecule has 0 amide bonds. The number of alkyl halides is 2. The van der Waals surface area contributed by atoms with E-state index >= 15 is 0 Å². The van der Waals surface area contributed by atoms with E-state index in [4.69, 9.17) is 5.26 Å². The van der Waals surface area contributed by atoms with Crippen molar-refractivity contribution in [3.8, 4) is 6.07 Å². The third-order valence-electron chi connectivity index (χ3n) is 2.04. The molecule has 96 valence electrons. The molecular formula is C11H9F3N2O2. The van der Waals surface area contributed by atoms with Crippen LogP contribution < -0.4 is 0 Å². The van der Waals surface area contributed by atoms with Gasteiger partial charge in [-0.15, -0.1) is 0 Å². The molecule has 0 unspecified atom stereocenters. The number of ether oxygens (including phenoxy) is 1. The number of carbonyl (C=O) groups excluding carboxylic acids is 1. The first-order valence-corrected chi connectivity index (χ1v) is 5.02. The molecule has 4 nitrogen and oxygen atoms in total. The van der Waals surface area contributed by atoms with E-state index < -0.39 is 35.9 Å². The standard InChI is InChI=1S/C11H9F3N2O2/c1-2-18-9(17)4-8-10(11(13)14)7(12)3-6(5-15)16-8/h3,11H,2,4H2,1H3. The first-order chi connectivity index (χ1) is 8.49. The number of esters is 1. The smallest absolute Gasteiger partial charge is 0.311 e. The van der Waals surface area contributed by atoms with Gasteiger partial charge in [-0.05, 0) is 6.92 Å². The zero-order valence-electron chi connectivity index (χ0n) is 9.41. The molecule has 1 rings (SSSR count). The average molecular weight is 258 g/mol. The molecule has 0 aliphatic heterocycles. The molecule has 7 heteroatoms. The Morgan fingerprint density at radius 3 is 2.78 bits per heavy atom. The van der Waals surface area contributed by atoms with Gasteiger partial charge in [0, 0.05) is 6.07 Å². The monoisotopic (exact) mass is 258 g/mol. The SMILES string of the molecule is CCOC(=O)Cc1nc(C#N)cc(F)c1C(F)F. The number of rotatable bonds is 4. The molecule has 0 bridgehead atoms. The second-order valence-electron chi connectivity index (χ2n) is 3.24. The van der Waals surface area contributed by atoms with Gasteiger partial charge in [0.25, 0.3) is 6.43 Å². The number of hydrogen-bond donors (Lipinski definition) is 0. The average Bonchev–Trinajstić information content (AvgIpc) is 2.27. The second-order valence-corrected chi connectivity index (χ2v) is 3.24. The number of nitrogens with zero attached hydrogens (tertiary/aromatic N) is 2. The summed E-state index contributed by atoms with van der Waals surface area (Å²) < 4.78 is 43.2. The Kier molecular flexibility index (Phi) is 4.66. The van der Waals surface area contributed by atoms with Crippen molar-refractivity contribution < 1.29 is 22.7 Å². The lowest BCUT2D eigenvalue weighted by molar-refractivity contribution is -0.142. The van der Waals surface area contributed by atoms with Gasteiger partial charge in [0.15, 0.2) is 0 Å². The number of nitriles is 1. The van der Waals surface area contributed by atoms with Gasteiger partial charge in [-0.3, -0.25) is 4.79 Å². The third kappa shape index (κ3) is 3.20. The summed E-state index contributed by atoms with van der Waals surface area (Å²) in [6.07, 6.45) is -3.71. The highest BCUT2D eigenvalue weighted by Gasteiger charge is 2.23. The van der Waals surface area contributed by atoms with Crippen LogP contribution in [0.15, 0.2) is 6.07 Å². The largest absolute Gasteiger partial charge is 0.466 e. The number of aromatic nitrogens is 1. The number of halogens is 3. The van der Waals surface area contributed by atoms with Crippen LogP contribution in [0.3, 0.4) is 0 Å². The Labute approximate surface area is 101 Å². The summed E-state index contributed by atoms with van der Waals surface area (Å²) in [6.45, 7) is 1.62. The van der Waals surface area contributed by atoms with Crippen LogP contribution >= 0.6 is 0 Å². The molecule has 1 aromatic heterocycles. The van der Waals surface area contributed by atoms with E-state index in [0.717, 1.165) is 0 Å². The van der Waals surface area contributed by atoms with Crippen LogP contribution in [0.1, 0.15) is 30.3 Å². The molecule has 0 aliphatic carbocycles. The van der Waals surface area contributed by atoms with Crippen molar-refractivity contribution in [1.29, 1.82) is 5.26 Å². The molecule has 1 heterocycles. The minimum absolute atomic E-state index is 0.0727. The van der Waals surface area contributed by atoms with Gasteiger partial charge in [-0.25, -0.2) is 18.2 Å². The van der Waals surface area contributed by atoms with Gasteiger partial charge in [-0.2, -0.15) is 5.26 Å². The van der Waals surface area contributed by atoms with Crippen molar-refractivity contribution in [2.75, 3.05) is 6.61 Å². The van der Waals surface area contributed by atoms with Crippen molar-refractivity contribution in [3.05, 3.63) is 28.8 Å². The van der Waals surface area contributed by atoms with Gasteiger partial charge in [0.2, 0.25) is 0 Å². The summed E-state index contributed by atoms with van der Waals surface area (Å²) in [7, 11) is 0. The molecule has 0 spiro atoms. The van der Waals surface area contributed by atoms with Crippen molar-refractivity contribution in [1.82, 2.24) is 4.98 Å². The minimum Gasteiger partial charge on any atom is -0.466 e. The predicted octanol–water partition coefficient (Wildman–Crippen LogP) is 2.14. The van der Waals surface area contributed by atoms with Crippen molar-refractivity contribution in [3.63, 3.8) is 0 Å². The fourth-order valence-corrected chi connectivity index (χ4v) is 1.34. The van der Waals surface area contributed by atoms with Crippen LogP contribution in [-0.2, 0) is 16.0 Å². The van der Waals surface area contributed by atoms with E-state index in [1.165, 1.54) is 6.07 Å². The number of carbonyl (C=O) groups is 1. The topological polar surface area (TPSA) is 63.0 Å². The maximum atomic E-state index is 13.4. The molecule has 0 fully saturated rings. The zero-order chi connectivity index (χ0) is 13.7. The lowest BCUT2D eigenvalue weighted by Gasteiger charge is -2.09. The minimum atomic E-state index is -3.12. The van der Waals surface area contributed by atoms with Crippen molar-refractivity contribution in [2.45, 2.75) is 19.8 Å². The van der Waals surface area contributed by atoms with E-state index in [-0.39, 0.29) is 12.3 Å². The number of pyridine rings is 1. The van der Waals surface area contributed by atoms with Gasteiger partial charge in [0.1, 0.15) is 17.6 Å². The zero-order valence-corrected chi connectivity index (χ0v) is 9.41. The van der Waals surface area contributed by atoms with E-state index in [0.29, 0.717) is 6.07 Å². The van der Waals surface area contributed by atoms with Gasteiger partial charge in [0.05, 0.1) is 24.3 Å². The first-order valence-electron chi connectivity index (χ1n) is 5.02. The van der Waals surface area contributed by atoms with E-state index in [1.54, 1.807) is 6.92 Å². The van der Waals surface area contributed by atoms with Crippen LogP contribution in [0.2, 0.25) is 0 Å². The van der Waals surface area contributed by atoms with Gasteiger partial charge in [-0.1, -0.05) is 0 Å². The van der Waals surface area contributed by atoms with E-state index in [1.807, 2.05) is 0 Å². The Balaban J connectivity index is 3.18. The Morgan fingerprint density at radius 1 is 1.61 bits per heavy atom. The van der Waals surface area contributed by atoms with Gasteiger partial charge >= 0.3 is 5.97 Å². The predicted molar refractivity (Wildman–Crippen MR) is 54.2 cm³/mol. The Morgan fingerprint density at radius 2 is 2.28 bits per heavy atom. The maximum Gasteiger partial charge on any atom is 0.311 e. The normalized spacial score (nSPS) is 10.2. The molecule has 0 saturated carbocycles. The van der Waals surface area contributed by atoms with Crippen LogP contribution in [0, 0.1) is 17.1 Å².